The molecule has 0 radical (unpaired) electrons. The molecule has 98 valence electrons. The third-order valence-corrected chi connectivity index (χ3v) is 3.12. The van der Waals surface area contributed by atoms with Gasteiger partial charge in [0, 0.05) is 31.8 Å². The maximum atomic E-state index is 13.5. The molecule has 1 aromatic carbocycles. The van der Waals surface area contributed by atoms with Gasteiger partial charge in [0.25, 0.3) is 5.91 Å². The van der Waals surface area contributed by atoms with Gasteiger partial charge in [0.1, 0.15) is 23.0 Å². The minimum Gasteiger partial charge on any atom is -0.337 e. The van der Waals surface area contributed by atoms with E-state index >= 15 is 0 Å². The normalized spacial score (nSPS) is 19.0. The van der Waals surface area contributed by atoms with E-state index in [0.29, 0.717) is 18.7 Å². The molecule has 1 atom stereocenters. The molecule has 0 aliphatic carbocycles. The van der Waals surface area contributed by atoms with E-state index in [4.69, 9.17) is 0 Å². The van der Waals surface area contributed by atoms with Crippen LogP contribution in [0.4, 0.5) is 13.2 Å². The number of likely N-dealkylation sites (N-methyl/N-ethyl adjacent to an activating group) is 1. The van der Waals surface area contributed by atoms with Crippen molar-refractivity contribution in [3.8, 4) is 0 Å². The molecular weight excluding hydrogens is 245 g/mol. The summed E-state index contributed by atoms with van der Waals surface area (Å²) in [4.78, 5) is 13.3. The highest BCUT2D eigenvalue weighted by atomic mass is 19.1. The van der Waals surface area contributed by atoms with Crippen LogP contribution in [-0.4, -0.2) is 37.0 Å². The minimum absolute atomic E-state index is 0.0960. The summed E-state index contributed by atoms with van der Waals surface area (Å²) in [5.74, 6) is -4.14. The summed E-state index contributed by atoms with van der Waals surface area (Å²) in [5, 5.41) is 3.06. The van der Waals surface area contributed by atoms with E-state index in [2.05, 4.69) is 5.32 Å². The summed E-state index contributed by atoms with van der Waals surface area (Å²) < 4.78 is 39.7. The SMILES string of the molecule is CN(C(=O)c1c(F)cc(F)cc1F)[C@@H]1CCNC1. The monoisotopic (exact) mass is 258 g/mol. The zero-order chi connectivity index (χ0) is 13.3. The number of benzene rings is 1. The highest BCUT2D eigenvalue weighted by Crippen LogP contribution is 2.18. The quantitative estimate of drug-likeness (QED) is 0.872. The van der Waals surface area contributed by atoms with Gasteiger partial charge in [-0.25, -0.2) is 13.2 Å². The van der Waals surface area contributed by atoms with Crippen molar-refractivity contribution in [3.05, 3.63) is 35.1 Å². The van der Waals surface area contributed by atoms with Crippen LogP contribution in [0.1, 0.15) is 16.8 Å². The third-order valence-electron chi connectivity index (χ3n) is 3.12. The number of rotatable bonds is 2. The lowest BCUT2D eigenvalue weighted by Crippen LogP contribution is -2.39. The van der Waals surface area contributed by atoms with Crippen LogP contribution in [0.5, 0.6) is 0 Å². The molecule has 1 N–H and O–H groups in total. The van der Waals surface area contributed by atoms with Crippen LogP contribution < -0.4 is 5.32 Å². The van der Waals surface area contributed by atoms with Crippen molar-refractivity contribution in [3.63, 3.8) is 0 Å². The van der Waals surface area contributed by atoms with Gasteiger partial charge in [-0.3, -0.25) is 4.79 Å². The largest absolute Gasteiger partial charge is 0.337 e. The Morgan fingerprint density at radius 1 is 1.33 bits per heavy atom. The van der Waals surface area contributed by atoms with E-state index in [1.165, 1.54) is 11.9 Å². The number of halogens is 3. The molecule has 1 saturated heterocycles. The minimum atomic E-state index is -1.17. The van der Waals surface area contributed by atoms with Gasteiger partial charge in [-0.15, -0.1) is 0 Å². The molecular formula is C12H13F3N2O. The molecule has 0 unspecified atom stereocenters. The zero-order valence-electron chi connectivity index (χ0n) is 9.84. The second-order valence-electron chi connectivity index (χ2n) is 4.31. The molecule has 0 bridgehead atoms. The van der Waals surface area contributed by atoms with Crippen LogP contribution in [0.25, 0.3) is 0 Å². The Morgan fingerprint density at radius 2 is 1.94 bits per heavy atom. The number of carbonyl (C=O) groups excluding carboxylic acids is 1. The van der Waals surface area contributed by atoms with Crippen LogP contribution in [-0.2, 0) is 0 Å². The van der Waals surface area contributed by atoms with Crippen molar-refractivity contribution in [2.75, 3.05) is 20.1 Å². The molecule has 0 spiro atoms. The van der Waals surface area contributed by atoms with Crippen molar-refractivity contribution in [1.29, 1.82) is 0 Å². The standard InChI is InChI=1S/C12H13F3N2O/c1-17(8-2-3-16-6-8)12(18)11-9(14)4-7(13)5-10(11)15/h4-5,8,16H,2-3,6H2,1H3/t8-/m1/s1. The van der Waals surface area contributed by atoms with E-state index < -0.39 is 28.9 Å². The first-order valence-electron chi connectivity index (χ1n) is 5.63. The van der Waals surface area contributed by atoms with Crippen molar-refractivity contribution in [2.45, 2.75) is 12.5 Å². The predicted molar refractivity (Wildman–Crippen MR) is 59.7 cm³/mol. The smallest absolute Gasteiger partial charge is 0.259 e. The third kappa shape index (κ3) is 2.33. The van der Waals surface area contributed by atoms with Gasteiger partial charge in [-0.2, -0.15) is 0 Å². The van der Waals surface area contributed by atoms with Crippen molar-refractivity contribution < 1.29 is 18.0 Å². The number of nitrogens with one attached hydrogen (secondary N) is 1. The van der Waals surface area contributed by atoms with E-state index in [1.807, 2.05) is 0 Å². The lowest BCUT2D eigenvalue weighted by molar-refractivity contribution is 0.0733. The van der Waals surface area contributed by atoms with Gasteiger partial charge in [-0.1, -0.05) is 0 Å². The molecule has 6 heteroatoms. The van der Waals surface area contributed by atoms with Gasteiger partial charge in [0.05, 0.1) is 0 Å². The van der Waals surface area contributed by atoms with Crippen LogP contribution >= 0.6 is 0 Å². The Kier molecular flexibility index (Phi) is 3.56. The predicted octanol–water partition coefficient (Wildman–Crippen LogP) is 1.54. The summed E-state index contributed by atoms with van der Waals surface area (Å²) in [6, 6.07) is 0.926. The van der Waals surface area contributed by atoms with Crippen LogP contribution in [0.15, 0.2) is 12.1 Å². The van der Waals surface area contributed by atoms with E-state index in [-0.39, 0.29) is 6.04 Å². The van der Waals surface area contributed by atoms with Gasteiger partial charge in [-0.05, 0) is 13.0 Å². The Balaban J connectivity index is 2.28. The summed E-state index contributed by atoms with van der Waals surface area (Å²) in [6.07, 6.45) is 0.729. The first-order chi connectivity index (χ1) is 8.50. The lowest BCUT2D eigenvalue weighted by Gasteiger charge is -2.24. The molecule has 1 aromatic rings. The van der Waals surface area contributed by atoms with Gasteiger partial charge >= 0.3 is 0 Å². The Hall–Kier alpha value is -1.56. The second-order valence-corrected chi connectivity index (χ2v) is 4.31. The van der Waals surface area contributed by atoms with Crippen LogP contribution in [0.3, 0.4) is 0 Å². The number of hydrogen-bond donors (Lipinski definition) is 1. The fraction of sp³-hybridized carbons (Fsp3) is 0.417. The Morgan fingerprint density at radius 3 is 2.44 bits per heavy atom. The highest BCUT2D eigenvalue weighted by molar-refractivity contribution is 5.94. The number of nitrogens with zero attached hydrogens (tertiary/aromatic N) is 1. The molecule has 18 heavy (non-hydrogen) atoms. The van der Waals surface area contributed by atoms with Crippen LogP contribution in [0.2, 0.25) is 0 Å². The summed E-state index contributed by atoms with van der Waals surface area (Å²) in [5.41, 5.74) is -0.703. The first kappa shape index (κ1) is 12.9. The van der Waals surface area contributed by atoms with Crippen LogP contribution in [0, 0.1) is 17.5 Å². The number of amides is 1. The van der Waals surface area contributed by atoms with Gasteiger partial charge < -0.3 is 10.2 Å². The molecule has 1 aliphatic heterocycles. The van der Waals surface area contributed by atoms with E-state index in [0.717, 1.165) is 13.0 Å². The Labute approximate surface area is 103 Å². The van der Waals surface area contributed by atoms with Crippen molar-refractivity contribution in [2.24, 2.45) is 0 Å². The fourth-order valence-electron chi connectivity index (χ4n) is 2.06. The molecule has 2 rings (SSSR count). The first-order valence-corrected chi connectivity index (χ1v) is 5.63. The highest BCUT2D eigenvalue weighted by Gasteiger charge is 2.28. The maximum absolute atomic E-state index is 13.5. The lowest BCUT2D eigenvalue weighted by atomic mass is 10.1. The van der Waals surface area contributed by atoms with Crippen molar-refractivity contribution >= 4 is 5.91 Å². The summed E-state index contributed by atoms with van der Waals surface area (Å²) >= 11 is 0. The van der Waals surface area contributed by atoms with Gasteiger partial charge in [0.15, 0.2) is 0 Å². The summed E-state index contributed by atoms with van der Waals surface area (Å²) in [7, 11) is 1.49. The topological polar surface area (TPSA) is 32.3 Å². The average molecular weight is 258 g/mol. The molecule has 3 nitrogen and oxygen atoms in total. The summed E-state index contributed by atoms with van der Waals surface area (Å²) in [6.45, 7) is 1.35. The van der Waals surface area contributed by atoms with Crippen molar-refractivity contribution in [1.82, 2.24) is 10.2 Å². The molecule has 1 fully saturated rings. The zero-order valence-corrected chi connectivity index (χ0v) is 9.84. The Bertz CT molecular complexity index is 449. The van der Waals surface area contributed by atoms with Gasteiger partial charge in [0.2, 0.25) is 0 Å². The average Bonchev–Trinajstić information content (AvgIpc) is 2.79. The molecule has 1 heterocycles. The maximum Gasteiger partial charge on any atom is 0.259 e. The molecule has 1 amide bonds. The fourth-order valence-corrected chi connectivity index (χ4v) is 2.06. The molecule has 1 aliphatic rings. The number of hydrogen-bond acceptors (Lipinski definition) is 2. The van der Waals surface area contributed by atoms with E-state index in [1.54, 1.807) is 0 Å². The van der Waals surface area contributed by atoms with E-state index in [9.17, 15) is 18.0 Å². The molecule has 0 saturated carbocycles. The number of carbonyl (C=O) groups is 1. The molecule has 0 aromatic heterocycles. The second kappa shape index (κ2) is 4.97.